The number of hydrogen-bond acceptors (Lipinski definition) is 0. The first-order valence-electron chi connectivity index (χ1n) is 16.9. The summed E-state index contributed by atoms with van der Waals surface area (Å²) in [4.78, 5) is 0. The molecule has 0 N–H and O–H groups in total. The van der Waals surface area contributed by atoms with E-state index in [0.29, 0.717) is 5.92 Å². The van der Waals surface area contributed by atoms with Gasteiger partial charge < -0.3 is 0 Å². The van der Waals surface area contributed by atoms with Crippen molar-refractivity contribution in [3.63, 3.8) is 0 Å². The van der Waals surface area contributed by atoms with Crippen LogP contribution in [0.2, 0.25) is 0 Å². The van der Waals surface area contributed by atoms with Crippen LogP contribution in [0.4, 0.5) is 87.8 Å². The molecule has 328 valence electrons. The molecule has 0 atom stereocenters. The molecule has 0 unspecified atom stereocenters. The Balaban J connectivity index is 0.000000355. The topological polar surface area (TPSA) is 0 Å². The Bertz CT molecular complexity index is 2370. The van der Waals surface area contributed by atoms with E-state index in [2.05, 4.69) is 69.3 Å². The summed E-state index contributed by atoms with van der Waals surface area (Å²) >= 11 is -0.0207. The van der Waals surface area contributed by atoms with Gasteiger partial charge in [-0.15, -0.1) is 21.9 Å². The molecule has 0 aromatic heterocycles. The van der Waals surface area contributed by atoms with Gasteiger partial charge in [0.2, 0.25) is 0 Å². The number of hydrogen-bond donors (Lipinski definition) is 0. The largest absolute Gasteiger partial charge is 0.357 e. The third kappa shape index (κ3) is 7.75. The van der Waals surface area contributed by atoms with Crippen LogP contribution >= 0.6 is 0 Å². The third-order valence-electron chi connectivity index (χ3n) is 9.44. The smallest absolute Gasteiger partial charge is 0.207 e. The Morgan fingerprint density at radius 1 is 0.339 bits per heavy atom. The molecule has 0 saturated carbocycles. The minimum Gasteiger partial charge on any atom is -0.207 e. The fraction of sp³-hybridized carbons (Fsp3) is 0.100. The molecule has 0 aliphatic heterocycles. The van der Waals surface area contributed by atoms with Gasteiger partial charge in [-0.1, -0.05) is 38.1 Å². The molecule has 6 aromatic rings. The molecule has 22 heteroatoms. The molecule has 0 aliphatic rings. The molecule has 0 saturated heterocycles. The maximum Gasteiger partial charge on any atom is 0.357 e. The van der Waals surface area contributed by atoms with Gasteiger partial charge in [0.25, 0.3) is 0 Å². The summed E-state index contributed by atoms with van der Waals surface area (Å²) in [6.07, 6.45) is -7.22. The molecule has 0 spiro atoms. The average molecular weight is 1020 g/mol. The highest BCUT2D eigenvalue weighted by Crippen LogP contribution is 2.30. The van der Waals surface area contributed by atoms with Crippen molar-refractivity contribution in [2.45, 2.75) is 26.7 Å². The lowest BCUT2D eigenvalue weighted by Crippen LogP contribution is -3.61. The lowest BCUT2D eigenvalue weighted by Gasteiger charge is -2.44. The van der Waals surface area contributed by atoms with Crippen LogP contribution in [0.15, 0.2) is 48.5 Å². The summed E-state index contributed by atoms with van der Waals surface area (Å²) in [5, 5.41) is 0. The second kappa shape index (κ2) is 17.8. The monoisotopic (exact) mass is 1020 g/mol. The predicted molar refractivity (Wildman–Crippen MR) is 178 cm³/mol. The maximum absolute atomic E-state index is 15.4. The molecule has 6 aromatic carbocycles. The van der Waals surface area contributed by atoms with Crippen LogP contribution in [0.5, 0.6) is 0 Å². The van der Waals surface area contributed by atoms with Crippen molar-refractivity contribution in [1.82, 2.24) is 0 Å². The molecule has 0 bridgehead atoms. The molecule has 0 amide bonds. The van der Waals surface area contributed by atoms with Crippen LogP contribution in [0, 0.1) is 130 Å². The number of aryl methyl sites for hydroxylation is 1. The van der Waals surface area contributed by atoms with Crippen LogP contribution in [0.3, 0.4) is 0 Å². The van der Waals surface area contributed by atoms with Crippen molar-refractivity contribution in [1.29, 1.82) is 0 Å². The quantitative estimate of drug-likeness (QED) is 0.0528. The Hall–Kier alpha value is -5.29. The van der Waals surface area contributed by atoms with E-state index >= 15 is 35.1 Å². The molecule has 0 radical (unpaired) electrons. The van der Waals surface area contributed by atoms with Gasteiger partial charge in [-0.25, -0.2) is 87.8 Å². The Kier molecular flexibility index (Phi) is 13.7. The molecule has 62 heavy (non-hydrogen) atoms. The standard InChI is InChI=1S/C24BF20.C16H18I/c26-5-1(6(27)14(35)21(42)13(5)34)25(2-7(28)15(36)22(43)16(37)8(2)29,3-9(30)17(38)23(44)18(39)10(3)31)4-11(32)19(40)24(45)20(41)12(4)33;1-12(2)14-7-9-15(10-8-14)17-16-6-4-5-13(3)11-16/h;4-12H,1-3H3/q-1;+1. The van der Waals surface area contributed by atoms with Crippen LogP contribution in [0.1, 0.15) is 30.9 Å². The van der Waals surface area contributed by atoms with Crippen molar-refractivity contribution in [3.05, 3.63) is 183 Å². The highest BCUT2D eigenvalue weighted by Gasteiger charge is 2.52. The molecule has 6 rings (SSSR count). The fourth-order valence-corrected chi connectivity index (χ4v) is 9.05. The summed E-state index contributed by atoms with van der Waals surface area (Å²) in [5.41, 5.74) is -11.5. The second-order valence-electron chi connectivity index (χ2n) is 13.4. The van der Waals surface area contributed by atoms with Gasteiger partial charge in [0, 0.05) is 0 Å². The highest BCUT2D eigenvalue weighted by atomic mass is 127. The van der Waals surface area contributed by atoms with Crippen LogP contribution in [-0.2, 0) is 0 Å². The van der Waals surface area contributed by atoms with Crippen molar-refractivity contribution >= 4 is 28.0 Å². The second-order valence-corrected chi connectivity index (χ2v) is 16.4. The summed E-state index contributed by atoms with van der Waals surface area (Å²) < 4.78 is 297. The van der Waals surface area contributed by atoms with Crippen LogP contribution < -0.4 is 43.1 Å². The summed E-state index contributed by atoms with van der Waals surface area (Å²) in [7, 11) is 0. The summed E-state index contributed by atoms with van der Waals surface area (Å²) in [5.74, 6) is -70.8. The van der Waals surface area contributed by atoms with Gasteiger partial charge in [-0.3, -0.25) is 0 Å². The number of halogens is 21. The van der Waals surface area contributed by atoms with Gasteiger partial charge in [-0.05, 0) is 48.2 Å². The van der Waals surface area contributed by atoms with E-state index < -0.39 is 144 Å². The predicted octanol–water partition coefficient (Wildman–Crippen LogP) is 7.09. The average Bonchev–Trinajstić information content (AvgIpc) is 3.24. The first kappa shape index (κ1) is 47.8. The van der Waals surface area contributed by atoms with E-state index in [1.807, 2.05) is 0 Å². The van der Waals surface area contributed by atoms with Crippen molar-refractivity contribution in [3.8, 4) is 0 Å². The minimum absolute atomic E-state index is 0.0207. The lowest BCUT2D eigenvalue weighted by atomic mass is 9.12. The molecule has 0 aliphatic carbocycles. The van der Waals surface area contributed by atoms with Gasteiger partial charge in [-0.2, -0.15) is 0 Å². The fourth-order valence-electron chi connectivity index (χ4n) is 6.58. The summed E-state index contributed by atoms with van der Waals surface area (Å²) in [6, 6.07) is 18.0. The van der Waals surface area contributed by atoms with E-state index in [0.717, 1.165) is 0 Å². The number of benzene rings is 6. The first-order chi connectivity index (χ1) is 28.8. The van der Waals surface area contributed by atoms with Gasteiger partial charge in [0.15, 0.2) is 76.9 Å². The Labute approximate surface area is 346 Å². The minimum atomic E-state index is -7.22. The van der Waals surface area contributed by atoms with Crippen LogP contribution in [0.25, 0.3) is 0 Å². The van der Waals surface area contributed by atoms with Gasteiger partial charge in [0.05, 0.1) is 0 Å². The maximum atomic E-state index is 15.4. The van der Waals surface area contributed by atoms with E-state index in [-0.39, 0.29) is 21.2 Å². The number of rotatable bonds is 7. The van der Waals surface area contributed by atoms with E-state index in [1.54, 1.807) is 0 Å². The van der Waals surface area contributed by atoms with Crippen LogP contribution in [-0.4, -0.2) is 6.15 Å². The van der Waals surface area contributed by atoms with Crippen molar-refractivity contribution in [2.75, 3.05) is 0 Å². The Morgan fingerprint density at radius 2 is 0.597 bits per heavy atom. The molecular weight excluding hydrogens is 998 g/mol. The van der Waals surface area contributed by atoms with Crippen molar-refractivity contribution < 1.29 is 109 Å². The Morgan fingerprint density at radius 3 is 0.839 bits per heavy atom. The summed E-state index contributed by atoms with van der Waals surface area (Å²) in [6.45, 7) is 6.64. The zero-order valence-electron chi connectivity index (χ0n) is 30.7. The van der Waals surface area contributed by atoms with Gasteiger partial charge in [0.1, 0.15) is 52.7 Å². The molecule has 0 nitrogen and oxygen atoms in total. The molecular formula is C40H18BF20I. The first-order valence-corrected chi connectivity index (χ1v) is 19.1. The van der Waals surface area contributed by atoms with E-state index in [9.17, 15) is 52.7 Å². The zero-order valence-corrected chi connectivity index (χ0v) is 32.9. The normalized spacial score (nSPS) is 11.7. The SMILES string of the molecule is Cc1cccc([I+]c2ccc(C(C)C)cc2)c1.Fc1c(F)c(F)c([B-](c2c(F)c(F)c(F)c(F)c2F)(c2c(F)c(F)c(F)c(F)c2F)c2c(F)c(F)c(F)c(F)c2F)c(F)c1F. The van der Waals surface area contributed by atoms with Crippen molar-refractivity contribution in [2.24, 2.45) is 0 Å². The third-order valence-corrected chi connectivity index (χ3v) is 12.1. The molecule has 0 fully saturated rings. The van der Waals surface area contributed by atoms with Gasteiger partial charge >= 0.3 is 21.2 Å². The lowest BCUT2D eigenvalue weighted by molar-refractivity contribution is -0.597. The zero-order chi connectivity index (χ0) is 46.6. The van der Waals surface area contributed by atoms with E-state index in [4.69, 9.17) is 0 Å². The highest BCUT2D eigenvalue weighted by molar-refractivity contribution is 7.20. The molecule has 0 heterocycles. The van der Waals surface area contributed by atoms with E-state index in [1.165, 1.54) is 18.3 Å².